The maximum Gasteiger partial charge on any atom is 0.332 e. The summed E-state index contributed by atoms with van der Waals surface area (Å²) >= 11 is 6.72. The Kier molecular flexibility index (Phi) is 6.54. The zero-order valence-corrected chi connectivity index (χ0v) is 17.7. The van der Waals surface area contributed by atoms with Crippen molar-refractivity contribution < 1.29 is 19.7 Å². The molecule has 10 nitrogen and oxygen atoms in total. The molecule has 0 aliphatic heterocycles. The normalized spacial score (nSPS) is 12.3. The van der Waals surface area contributed by atoms with Crippen LogP contribution in [0.2, 0.25) is 5.02 Å². The molecule has 30 heavy (non-hydrogen) atoms. The van der Waals surface area contributed by atoms with Gasteiger partial charge in [-0.25, -0.2) is 9.78 Å². The van der Waals surface area contributed by atoms with Crippen LogP contribution in [0.15, 0.2) is 39.0 Å². The Morgan fingerprint density at radius 3 is 2.53 bits per heavy atom. The van der Waals surface area contributed by atoms with Gasteiger partial charge in [0.2, 0.25) is 0 Å². The van der Waals surface area contributed by atoms with Crippen molar-refractivity contribution in [3.8, 4) is 5.75 Å². The van der Waals surface area contributed by atoms with Gasteiger partial charge in [-0.15, -0.1) is 0 Å². The van der Waals surface area contributed by atoms with Gasteiger partial charge in [0.05, 0.1) is 12.3 Å². The molecule has 0 aliphatic carbocycles. The summed E-state index contributed by atoms with van der Waals surface area (Å²) in [6.07, 6.45) is -1.04. The third-order valence-electron chi connectivity index (χ3n) is 4.29. The van der Waals surface area contributed by atoms with Crippen LogP contribution in [0.4, 0.5) is 0 Å². The van der Waals surface area contributed by atoms with Crippen LogP contribution in [-0.4, -0.2) is 53.3 Å². The Hall–Kier alpha value is -2.76. The standard InChI is InChI=1S/C18H19ClN4O6S/c1-21-15-14(16(27)22(2)18(21)28)23(17(20-15)30-9-13(25)26)7-11(24)8-29-12-5-3-10(19)4-6-12/h3-6,11,24H,7-9H2,1-2H3,(H,25,26)/t11-/m0/s1. The number of carboxylic acid groups (broad SMARTS) is 1. The van der Waals surface area contributed by atoms with Gasteiger partial charge in [0, 0.05) is 19.1 Å². The number of aromatic nitrogens is 4. The van der Waals surface area contributed by atoms with Crippen LogP contribution in [0.25, 0.3) is 11.2 Å². The lowest BCUT2D eigenvalue weighted by Gasteiger charge is -2.15. The number of thioether (sulfide) groups is 1. The van der Waals surface area contributed by atoms with Crippen molar-refractivity contribution in [2.45, 2.75) is 17.8 Å². The maximum atomic E-state index is 12.7. The number of ether oxygens (including phenoxy) is 1. The Bertz CT molecular complexity index is 1200. The highest BCUT2D eigenvalue weighted by Crippen LogP contribution is 2.22. The first kappa shape index (κ1) is 21.9. The van der Waals surface area contributed by atoms with Gasteiger partial charge in [0.25, 0.3) is 5.56 Å². The topological polar surface area (TPSA) is 129 Å². The monoisotopic (exact) mass is 454 g/mol. The predicted octanol–water partition coefficient (Wildman–Crippen LogP) is 0.704. The number of imidazole rings is 1. The first-order valence-electron chi connectivity index (χ1n) is 8.76. The molecule has 2 aromatic heterocycles. The van der Waals surface area contributed by atoms with Crippen molar-refractivity contribution in [2.24, 2.45) is 14.1 Å². The van der Waals surface area contributed by atoms with Gasteiger partial charge < -0.3 is 19.5 Å². The second-order valence-electron chi connectivity index (χ2n) is 6.48. The van der Waals surface area contributed by atoms with Crippen molar-refractivity contribution >= 4 is 40.5 Å². The minimum absolute atomic E-state index is 0.0838. The molecule has 0 aliphatic rings. The molecule has 3 aromatic rings. The van der Waals surface area contributed by atoms with Gasteiger partial charge in [-0.3, -0.25) is 18.7 Å². The van der Waals surface area contributed by atoms with E-state index in [1.54, 1.807) is 24.3 Å². The maximum absolute atomic E-state index is 12.7. The highest BCUT2D eigenvalue weighted by atomic mass is 35.5. The summed E-state index contributed by atoms with van der Waals surface area (Å²) in [6.45, 7) is -0.171. The average Bonchev–Trinajstić information content (AvgIpc) is 3.07. The number of aliphatic carboxylic acids is 1. The highest BCUT2D eigenvalue weighted by Gasteiger charge is 2.22. The summed E-state index contributed by atoms with van der Waals surface area (Å²) in [7, 11) is 2.80. The molecule has 12 heteroatoms. The Morgan fingerprint density at radius 2 is 1.90 bits per heavy atom. The number of benzene rings is 1. The summed E-state index contributed by atoms with van der Waals surface area (Å²) in [5.41, 5.74) is -0.938. The molecule has 0 saturated carbocycles. The molecule has 2 heterocycles. The van der Waals surface area contributed by atoms with E-state index < -0.39 is 23.3 Å². The minimum atomic E-state index is -1.06. The number of aryl methyl sites for hydroxylation is 1. The minimum Gasteiger partial charge on any atom is -0.491 e. The molecule has 1 aromatic carbocycles. The molecular formula is C18H19ClN4O6S. The SMILES string of the molecule is Cn1c(=O)c2c(nc(SCC(=O)O)n2C[C@H](O)COc2ccc(Cl)cc2)n(C)c1=O. The summed E-state index contributed by atoms with van der Waals surface area (Å²) in [5.74, 6) is -0.852. The van der Waals surface area contributed by atoms with Gasteiger partial charge in [-0.05, 0) is 24.3 Å². The van der Waals surface area contributed by atoms with Crippen LogP contribution < -0.4 is 16.0 Å². The van der Waals surface area contributed by atoms with Gasteiger partial charge in [-0.1, -0.05) is 23.4 Å². The fourth-order valence-corrected chi connectivity index (χ4v) is 3.67. The number of nitrogens with zero attached hydrogens (tertiary/aromatic N) is 4. The fraction of sp³-hybridized carbons (Fsp3) is 0.333. The van der Waals surface area contributed by atoms with Crippen molar-refractivity contribution in [1.82, 2.24) is 18.7 Å². The first-order valence-corrected chi connectivity index (χ1v) is 10.1. The van der Waals surface area contributed by atoms with Crippen LogP contribution in [-0.2, 0) is 25.4 Å². The molecule has 1 atom stereocenters. The lowest BCUT2D eigenvalue weighted by Crippen LogP contribution is -2.38. The molecule has 2 N–H and O–H groups in total. The van der Waals surface area contributed by atoms with E-state index in [2.05, 4.69) is 4.98 Å². The Balaban J connectivity index is 1.94. The molecular weight excluding hydrogens is 436 g/mol. The number of carboxylic acids is 1. The number of aliphatic hydroxyl groups is 1. The molecule has 0 amide bonds. The fourth-order valence-electron chi connectivity index (χ4n) is 2.82. The zero-order valence-electron chi connectivity index (χ0n) is 16.1. The van der Waals surface area contributed by atoms with Gasteiger partial charge in [0.15, 0.2) is 16.3 Å². The Morgan fingerprint density at radius 1 is 1.23 bits per heavy atom. The van der Waals surface area contributed by atoms with Crippen LogP contribution >= 0.6 is 23.4 Å². The lowest BCUT2D eigenvalue weighted by atomic mass is 10.3. The number of rotatable bonds is 8. The average molecular weight is 455 g/mol. The van der Waals surface area contributed by atoms with Crippen LogP contribution in [0.5, 0.6) is 5.75 Å². The van der Waals surface area contributed by atoms with Crippen molar-refractivity contribution in [1.29, 1.82) is 0 Å². The zero-order chi connectivity index (χ0) is 22.0. The second kappa shape index (κ2) is 8.94. The molecule has 0 radical (unpaired) electrons. The van der Waals surface area contributed by atoms with E-state index >= 15 is 0 Å². The number of hydrogen-bond donors (Lipinski definition) is 2. The molecule has 160 valence electrons. The summed E-state index contributed by atoms with van der Waals surface area (Å²) in [4.78, 5) is 40.2. The third-order valence-corrected chi connectivity index (χ3v) is 5.50. The summed E-state index contributed by atoms with van der Waals surface area (Å²) in [5, 5.41) is 20.2. The van der Waals surface area contributed by atoms with E-state index in [1.807, 2.05) is 0 Å². The molecule has 0 saturated heterocycles. The van der Waals surface area contributed by atoms with E-state index in [-0.39, 0.29) is 35.2 Å². The number of halogens is 1. The second-order valence-corrected chi connectivity index (χ2v) is 7.86. The van der Waals surface area contributed by atoms with Crippen LogP contribution in [0.3, 0.4) is 0 Å². The first-order chi connectivity index (χ1) is 14.2. The van der Waals surface area contributed by atoms with E-state index in [1.165, 1.54) is 23.2 Å². The van der Waals surface area contributed by atoms with E-state index in [0.717, 1.165) is 16.3 Å². The van der Waals surface area contributed by atoms with Crippen molar-refractivity contribution in [3.05, 3.63) is 50.1 Å². The number of aliphatic hydroxyl groups excluding tert-OH is 1. The van der Waals surface area contributed by atoms with Crippen LogP contribution in [0, 0.1) is 0 Å². The van der Waals surface area contributed by atoms with Crippen molar-refractivity contribution in [3.63, 3.8) is 0 Å². The number of carbonyl (C=O) groups is 1. The van der Waals surface area contributed by atoms with Crippen molar-refractivity contribution in [2.75, 3.05) is 12.4 Å². The quantitative estimate of drug-likeness (QED) is 0.476. The molecule has 3 rings (SSSR count). The van der Waals surface area contributed by atoms with E-state index in [4.69, 9.17) is 21.4 Å². The number of fused-ring (bicyclic) bond motifs is 1. The number of hydrogen-bond acceptors (Lipinski definition) is 7. The van der Waals surface area contributed by atoms with Gasteiger partial charge >= 0.3 is 11.7 Å². The van der Waals surface area contributed by atoms with Gasteiger partial charge in [0.1, 0.15) is 18.5 Å². The summed E-state index contributed by atoms with van der Waals surface area (Å²) in [6, 6.07) is 6.61. The smallest absolute Gasteiger partial charge is 0.332 e. The summed E-state index contributed by atoms with van der Waals surface area (Å²) < 4.78 is 9.09. The lowest BCUT2D eigenvalue weighted by molar-refractivity contribution is -0.133. The van der Waals surface area contributed by atoms with E-state index in [9.17, 15) is 19.5 Å². The van der Waals surface area contributed by atoms with Gasteiger partial charge in [-0.2, -0.15) is 0 Å². The van der Waals surface area contributed by atoms with E-state index in [0.29, 0.717) is 10.8 Å². The molecule has 0 spiro atoms. The molecule has 0 unspecified atom stereocenters. The highest BCUT2D eigenvalue weighted by molar-refractivity contribution is 7.99. The molecule has 0 bridgehead atoms. The van der Waals surface area contributed by atoms with Crippen LogP contribution in [0.1, 0.15) is 0 Å². The largest absolute Gasteiger partial charge is 0.491 e. The predicted molar refractivity (Wildman–Crippen MR) is 112 cm³/mol. The molecule has 0 fully saturated rings. The Labute approximate surface area is 179 Å². The third kappa shape index (κ3) is 4.53.